The number of hydrogen-bond donors (Lipinski definition) is 2. The molecule has 1 fully saturated rings. The molecule has 0 atom stereocenters. The number of aromatic nitrogens is 2. The van der Waals surface area contributed by atoms with Gasteiger partial charge in [-0.25, -0.2) is 4.98 Å². The zero-order valence-corrected chi connectivity index (χ0v) is 17.5. The third-order valence-corrected chi connectivity index (χ3v) is 5.88. The summed E-state index contributed by atoms with van der Waals surface area (Å²) in [5.74, 6) is 0.948. The summed E-state index contributed by atoms with van der Waals surface area (Å²) in [6, 6.07) is 9.91. The van der Waals surface area contributed by atoms with Gasteiger partial charge in [-0.1, -0.05) is 6.07 Å². The fourth-order valence-corrected chi connectivity index (χ4v) is 3.87. The zero-order chi connectivity index (χ0) is 20.4. The van der Waals surface area contributed by atoms with Crippen molar-refractivity contribution in [3.8, 4) is 0 Å². The van der Waals surface area contributed by atoms with Crippen LogP contribution in [0, 0.1) is 13.8 Å². The Kier molecular flexibility index (Phi) is 5.53. The third-order valence-electron chi connectivity index (χ3n) is 5.88. The molecule has 2 aromatic heterocycles. The van der Waals surface area contributed by atoms with Crippen LogP contribution in [0.15, 0.2) is 36.5 Å². The van der Waals surface area contributed by atoms with Crippen LogP contribution in [-0.2, 0) is 6.54 Å². The first kappa shape index (κ1) is 19.5. The number of nitrogens with zero attached hydrogens (tertiary/aromatic N) is 3. The minimum absolute atomic E-state index is 0.0650. The van der Waals surface area contributed by atoms with E-state index < -0.39 is 0 Å². The van der Waals surface area contributed by atoms with Crippen LogP contribution in [0.2, 0.25) is 0 Å². The number of carbonyl (C=O) groups excluding carboxylic acids is 1. The summed E-state index contributed by atoms with van der Waals surface area (Å²) >= 11 is 0. The average Bonchev–Trinajstić information content (AvgIpc) is 2.88. The molecule has 0 spiro atoms. The van der Waals surface area contributed by atoms with E-state index in [2.05, 4.69) is 58.1 Å². The van der Waals surface area contributed by atoms with Crippen LogP contribution in [0.3, 0.4) is 0 Å². The standard InChI is InChI=1S/C23H29N5O/c1-16-17(2)26-21-7-6-19(13-20(16)21)23(29)25-15-18-5-8-22(24-14-18)28-10-4-9-27(3)11-12-28/h5-8,13-14,26H,4,9-12,15H2,1-3H3,(H,25,29). The van der Waals surface area contributed by atoms with E-state index in [0.29, 0.717) is 12.1 Å². The Morgan fingerprint density at radius 2 is 2.00 bits per heavy atom. The molecule has 1 saturated heterocycles. The monoisotopic (exact) mass is 391 g/mol. The van der Waals surface area contributed by atoms with E-state index in [4.69, 9.17) is 0 Å². The third kappa shape index (κ3) is 4.27. The first-order valence-electron chi connectivity index (χ1n) is 10.3. The van der Waals surface area contributed by atoms with E-state index in [0.717, 1.165) is 60.6 Å². The second-order valence-electron chi connectivity index (χ2n) is 7.99. The summed E-state index contributed by atoms with van der Waals surface area (Å²) in [5.41, 5.74) is 5.08. The molecule has 0 bridgehead atoms. The minimum atomic E-state index is -0.0650. The largest absolute Gasteiger partial charge is 0.358 e. The Morgan fingerprint density at radius 1 is 1.14 bits per heavy atom. The SMILES string of the molecule is Cc1[nH]c2ccc(C(=O)NCc3ccc(N4CCCN(C)CC4)nc3)cc2c1C. The van der Waals surface area contributed by atoms with Crippen molar-refractivity contribution in [3.63, 3.8) is 0 Å². The number of likely N-dealkylation sites (N-methyl/N-ethyl adjacent to an activating group) is 1. The summed E-state index contributed by atoms with van der Waals surface area (Å²) < 4.78 is 0. The van der Waals surface area contributed by atoms with Gasteiger partial charge in [0.1, 0.15) is 5.82 Å². The molecule has 3 aromatic rings. The van der Waals surface area contributed by atoms with E-state index >= 15 is 0 Å². The van der Waals surface area contributed by atoms with Crippen molar-refractivity contribution in [3.05, 3.63) is 58.9 Å². The number of anilines is 1. The van der Waals surface area contributed by atoms with Crippen LogP contribution >= 0.6 is 0 Å². The summed E-state index contributed by atoms with van der Waals surface area (Å²) in [6.45, 7) is 8.82. The van der Waals surface area contributed by atoms with Gasteiger partial charge in [-0.3, -0.25) is 4.79 Å². The first-order chi connectivity index (χ1) is 14.0. The van der Waals surface area contributed by atoms with Gasteiger partial charge >= 0.3 is 0 Å². The highest BCUT2D eigenvalue weighted by Crippen LogP contribution is 2.22. The van der Waals surface area contributed by atoms with Crippen molar-refractivity contribution in [1.29, 1.82) is 0 Å². The average molecular weight is 392 g/mol. The lowest BCUT2D eigenvalue weighted by Crippen LogP contribution is -2.29. The molecule has 29 heavy (non-hydrogen) atoms. The lowest BCUT2D eigenvalue weighted by Gasteiger charge is -2.21. The first-order valence-corrected chi connectivity index (χ1v) is 10.3. The van der Waals surface area contributed by atoms with Crippen molar-refractivity contribution in [2.75, 3.05) is 38.1 Å². The Hall–Kier alpha value is -2.86. The van der Waals surface area contributed by atoms with Gasteiger partial charge in [-0.2, -0.15) is 0 Å². The number of benzene rings is 1. The fourth-order valence-electron chi connectivity index (χ4n) is 3.87. The fraction of sp³-hybridized carbons (Fsp3) is 0.391. The molecule has 1 amide bonds. The smallest absolute Gasteiger partial charge is 0.251 e. The molecule has 0 saturated carbocycles. The molecule has 1 aliphatic rings. The highest BCUT2D eigenvalue weighted by atomic mass is 16.1. The number of nitrogens with one attached hydrogen (secondary N) is 2. The van der Waals surface area contributed by atoms with E-state index in [1.165, 1.54) is 5.56 Å². The van der Waals surface area contributed by atoms with Gasteiger partial charge in [-0.15, -0.1) is 0 Å². The molecule has 6 heteroatoms. The summed E-state index contributed by atoms with van der Waals surface area (Å²) in [4.78, 5) is 25.3. The van der Waals surface area contributed by atoms with Gasteiger partial charge in [-0.05, 0) is 69.3 Å². The van der Waals surface area contributed by atoms with Crippen molar-refractivity contribution in [2.24, 2.45) is 0 Å². The predicted molar refractivity (Wildman–Crippen MR) is 118 cm³/mol. The maximum absolute atomic E-state index is 12.6. The molecule has 1 aromatic carbocycles. The van der Waals surface area contributed by atoms with Crippen molar-refractivity contribution in [2.45, 2.75) is 26.8 Å². The van der Waals surface area contributed by atoms with E-state index in [-0.39, 0.29) is 5.91 Å². The second kappa shape index (κ2) is 8.25. The molecule has 1 aliphatic heterocycles. The molecule has 6 nitrogen and oxygen atoms in total. The number of aromatic amines is 1. The Morgan fingerprint density at radius 3 is 2.79 bits per heavy atom. The minimum Gasteiger partial charge on any atom is -0.358 e. The van der Waals surface area contributed by atoms with Crippen LogP contribution in [0.25, 0.3) is 10.9 Å². The van der Waals surface area contributed by atoms with Gasteiger partial charge < -0.3 is 20.1 Å². The Bertz CT molecular complexity index is 1010. The number of rotatable bonds is 4. The molecule has 0 radical (unpaired) electrons. The molecule has 0 unspecified atom stereocenters. The molecule has 3 heterocycles. The zero-order valence-electron chi connectivity index (χ0n) is 17.5. The summed E-state index contributed by atoms with van der Waals surface area (Å²) in [5, 5.41) is 4.11. The Balaban J connectivity index is 1.38. The summed E-state index contributed by atoms with van der Waals surface area (Å²) in [6.07, 6.45) is 3.02. The van der Waals surface area contributed by atoms with Gasteiger partial charge in [0.05, 0.1) is 0 Å². The van der Waals surface area contributed by atoms with Crippen LogP contribution < -0.4 is 10.2 Å². The number of H-pyrrole nitrogens is 1. The number of hydrogen-bond acceptors (Lipinski definition) is 4. The van der Waals surface area contributed by atoms with Gasteiger partial charge in [0.2, 0.25) is 0 Å². The maximum Gasteiger partial charge on any atom is 0.251 e. The van der Waals surface area contributed by atoms with E-state index in [9.17, 15) is 4.79 Å². The van der Waals surface area contributed by atoms with E-state index in [1.807, 2.05) is 24.4 Å². The molecule has 152 valence electrons. The molecule has 2 N–H and O–H groups in total. The van der Waals surface area contributed by atoms with Crippen LogP contribution in [-0.4, -0.2) is 54.0 Å². The summed E-state index contributed by atoms with van der Waals surface area (Å²) in [7, 11) is 2.17. The van der Waals surface area contributed by atoms with E-state index in [1.54, 1.807) is 0 Å². The van der Waals surface area contributed by atoms with Gasteiger partial charge in [0, 0.05) is 54.5 Å². The lowest BCUT2D eigenvalue weighted by atomic mass is 10.1. The molecular weight excluding hydrogens is 362 g/mol. The van der Waals surface area contributed by atoms with Crippen LogP contribution in [0.1, 0.15) is 33.6 Å². The number of amides is 1. The highest BCUT2D eigenvalue weighted by Gasteiger charge is 2.14. The quantitative estimate of drug-likeness (QED) is 0.717. The second-order valence-corrected chi connectivity index (χ2v) is 7.99. The van der Waals surface area contributed by atoms with Gasteiger partial charge in [0.15, 0.2) is 0 Å². The number of aryl methyl sites for hydroxylation is 2. The van der Waals surface area contributed by atoms with Crippen LogP contribution in [0.5, 0.6) is 0 Å². The number of pyridine rings is 1. The topological polar surface area (TPSA) is 64.3 Å². The number of carbonyl (C=O) groups is 1. The van der Waals surface area contributed by atoms with Crippen molar-refractivity contribution >= 4 is 22.6 Å². The molecule has 0 aliphatic carbocycles. The lowest BCUT2D eigenvalue weighted by molar-refractivity contribution is 0.0951. The van der Waals surface area contributed by atoms with Gasteiger partial charge in [0.25, 0.3) is 5.91 Å². The number of fused-ring (bicyclic) bond motifs is 1. The predicted octanol–water partition coefficient (Wildman–Crippen LogP) is 3.25. The molecular formula is C23H29N5O. The van der Waals surface area contributed by atoms with Crippen molar-refractivity contribution in [1.82, 2.24) is 20.2 Å². The Labute approximate surface area is 171 Å². The maximum atomic E-state index is 12.6. The highest BCUT2D eigenvalue weighted by molar-refractivity contribution is 5.99. The van der Waals surface area contributed by atoms with Crippen LogP contribution in [0.4, 0.5) is 5.82 Å². The normalized spacial score (nSPS) is 15.5. The molecule has 4 rings (SSSR count). The van der Waals surface area contributed by atoms with Crippen molar-refractivity contribution < 1.29 is 4.79 Å².